The Bertz CT molecular complexity index is 365. The first-order chi connectivity index (χ1) is 7.84. The Morgan fingerprint density at radius 2 is 1.89 bits per heavy atom. The second-order valence-corrected chi connectivity index (χ2v) is 4.45. The van der Waals surface area contributed by atoms with E-state index in [1.807, 2.05) is 13.8 Å². The maximum absolute atomic E-state index is 12.5. The van der Waals surface area contributed by atoms with Crippen LogP contribution in [0, 0.1) is 5.92 Å². The second-order valence-electron chi connectivity index (χ2n) is 4.45. The van der Waals surface area contributed by atoms with E-state index in [4.69, 9.17) is 5.73 Å². The third-order valence-corrected chi connectivity index (χ3v) is 3.01. The average Bonchev–Trinajstić information content (AvgIpc) is 2.27. The molecule has 1 rings (SSSR count). The van der Waals surface area contributed by atoms with Crippen molar-refractivity contribution in [3.8, 4) is 0 Å². The summed E-state index contributed by atoms with van der Waals surface area (Å²) in [6.07, 6.45) is -2.86. The third-order valence-electron chi connectivity index (χ3n) is 3.01. The number of hydrogen-bond acceptors (Lipinski definition) is 1. The van der Waals surface area contributed by atoms with E-state index in [2.05, 4.69) is 0 Å². The summed E-state index contributed by atoms with van der Waals surface area (Å²) in [6.45, 7) is 3.95. The van der Waals surface area contributed by atoms with E-state index in [0.29, 0.717) is 12.0 Å². The summed E-state index contributed by atoms with van der Waals surface area (Å²) in [4.78, 5) is 0. The lowest BCUT2D eigenvalue weighted by molar-refractivity contribution is -0.137. The number of benzene rings is 1. The molecular weight excluding hydrogens is 263 g/mol. The first-order valence-corrected chi connectivity index (χ1v) is 5.76. The largest absolute Gasteiger partial charge is 0.416 e. The molecule has 0 aliphatic rings. The molecule has 0 aliphatic heterocycles. The highest BCUT2D eigenvalue weighted by Gasteiger charge is 2.30. The van der Waals surface area contributed by atoms with Crippen LogP contribution in [-0.4, -0.2) is 6.04 Å². The van der Waals surface area contributed by atoms with Gasteiger partial charge < -0.3 is 5.73 Å². The summed E-state index contributed by atoms with van der Waals surface area (Å²) >= 11 is 0. The van der Waals surface area contributed by atoms with Crippen molar-refractivity contribution in [1.29, 1.82) is 0 Å². The number of nitrogens with two attached hydrogens (primary N) is 1. The van der Waals surface area contributed by atoms with Gasteiger partial charge in [0.05, 0.1) is 5.56 Å². The van der Waals surface area contributed by atoms with Crippen molar-refractivity contribution >= 4 is 12.4 Å². The molecule has 1 aromatic carbocycles. The van der Waals surface area contributed by atoms with E-state index < -0.39 is 11.7 Å². The van der Waals surface area contributed by atoms with Gasteiger partial charge in [-0.25, -0.2) is 0 Å². The fourth-order valence-corrected chi connectivity index (χ4v) is 1.80. The molecule has 0 fully saturated rings. The Morgan fingerprint density at radius 3 is 2.39 bits per heavy atom. The van der Waals surface area contributed by atoms with Gasteiger partial charge in [-0.05, 0) is 30.4 Å². The van der Waals surface area contributed by atoms with Crippen molar-refractivity contribution in [2.24, 2.45) is 11.7 Å². The van der Waals surface area contributed by atoms with Crippen molar-refractivity contribution < 1.29 is 13.2 Å². The van der Waals surface area contributed by atoms with Gasteiger partial charge in [-0.15, -0.1) is 12.4 Å². The van der Waals surface area contributed by atoms with E-state index in [9.17, 15) is 13.2 Å². The quantitative estimate of drug-likeness (QED) is 0.885. The van der Waals surface area contributed by atoms with Gasteiger partial charge in [0, 0.05) is 6.04 Å². The van der Waals surface area contributed by atoms with Crippen LogP contribution in [0.1, 0.15) is 31.4 Å². The smallest absolute Gasteiger partial charge is 0.327 e. The summed E-state index contributed by atoms with van der Waals surface area (Å²) in [5, 5.41) is 0. The monoisotopic (exact) mass is 281 g/mol. The van der Waals surface area contributed by atoms with E-state index in [1.165, 1.54) is 12.1 Å². The molecule has 1 aromatic rings. The molecule has 0 radical (unpaired) electrons. The zero-order chi connectivity index (χ0) is 13.1. The number of hydrogen-bond donors (Lipinski definition) is 1. The van der Waals surface area contributed by atoms with Crippen molar-refractivity contribution in [2.75, 3.05) is 0 Å². The molecule has 5 heteroatoms. The molecule has 0 aliphatic carbocycles. The van der Waals surface area contributed by atoms with Gasteiger partial charge >= 0.3 is 6.18 Å². The number of alkyl halides is 3. The first kappa shape index (κ1) is 17.3. The minimum atomic E-state index is -4.27. The lowest BCUT2D eigenvalue weighted by Gasteiger charge is -2.18. The van der Waals surface area contributed by atoms with E-state index >= 15 is 0 Å². The fourth-order valence-electron chi connectivity index (χ4n) is 1.80. The number of halogens is 4. The molecule has 1 unspecified atom stereocenters. The predicted molar refractivity (Wildman–Crippen MR) is 69.8 cm³/mol. The molecule has 2 atom stereocenters. The molecule has 2 N–H and O–H groups in total. The van der Waals surface area contributed by atoms with Crippen LogP contribution >= 0.6 is 12.4 Å². The van der Waals surface area contributed by atoms with Crippen LogP contribution in [0.2, 0.25) is 0 Å². The number of rotatable bonds is 4. The van der Waals surface area contributed by atoms with Gasteiger partial charge in [0.1, 0.15) is 0 Å². The van der Waals surface area contributed by atoms with Crippen LogP contribution in [0.15, 0.2) is 24.3 Å². The van der Waals surface area contributed by atoms with Crippen LogP contribution in [0.5, 0.6) is 0 Å². The van der Waals surface area contributed by atoms with Crippen LogP contribution in [0.25, 0.3) is 0 Å². The standard InChI is InChI=1S/C13H18F3N.ClH/c1-3-12(17)9(2)7-10-5-4-6-11(8-10)13(14,15)16;/h4-6,8-9,12H,3,7,17H2,1-2H3;1H/t9?,12-;/m1./s1. The molecule has 0 aromatic heterocycles. The molecule has 0 spiro atoms. The Morgan fingerprint density at radius 1 is 1.28 bits per heavy atom. The van der Waals surface area contributed by atoms with Crippen LogP contribution in [0.3, 0.4) is 0 Å². The van der Waals surface area contributed by atoms with E-state index in [0.717, 1.165) is 12.5 Å². The predicted octanol–water partition coefficient (Wildman–Crippen LogP) is 4.04. The first-order valence-electron chi connectivity index (χ1n) is 5.76. The molecular formula is C13H19ClF3N. The van der Waals surface area contributed by atoms with Gasteiger partial charge in [0.15, 0.2) is 0 Å². The van der Waals surface area contributed by atoms with Crippen LogP contribution < -0.4 is 5.73 Å². The van der Waals surface area contributed by atoms with Crippen LogP contribution in [-0.2, 0) is 12.6 Å². The Labute approximate surface area is 112 Å². The minimum absolute atomic E-state index is 0. The average molecular weight is 282 g/mol. The molecule has 0 bridgehead atoms. The van der Waals surface area contributed by atoms with Gasteiger partial charge in [0.25, 0.3) is 0 Å². The van der Waals surface area contributed by atoms with Gasteiger partial charge in [-0.2, -0.15) is 13.2 Å². The summed E-state index contributed by atoms with van der Waals surface area (Å²) in [7, 11) is 0. The molecule has 0 heterocycles. The van der Waals surface area contributed by atoms with Gasteiger partial charge in [-0.1, -0.05) is 32.0 Å². The molecule has 104 valence electrons. The highest BCUT2D eigenvalue weighted by Crippen LogP contribution is 2.30. The Hall–Kier alpha value is -0.740. The van der Waals surface area contributed by atoms with Crippen molar-refractivity contribution in [2.45, 2.75) is 38.9 Å². The van der Waals surface area contributed by atoms with Gasteiger partial charge in [0.2, 0.25) is 0 Å². The maximum Gasteiger partial charge on any atom is 0.416 e. The Kier molecular flexibility index (Phi) is 6.71. The van der Waals surface area contributed by atoms with Crippen molar-refractivity contribution in [3.05, 3.63) is 35.4 Å². The van der Waals surface area contributed by atoms with Crippen molar-refractivity contribution in [3.63, 3.8) is 0 Å². The van der Waals surface area contributed by atoms with E-state index in [1.54, 1.807) is 6.07 Å². The Balaban J connectivity index is 0.00000289. The maximum atomic E-state index is 12.5. The zero-order valence-electron chi connectivity index (χ0n) is 10.5. The van der Waals surface area contributed by atoms with Gasteiger partial charge in [-0.3, -0.25) is 0 Å². The fraction of sp³-hybridized carbons (Fsp3) is 0.538. The minimum Gasteiger partial charge on any atom is -0.327 e. The third kappa shape index (κ3) is 4.86. The van der Waals surface area contributed by atoms with Crippen molar-refractivity contribution in [1.82, 2.24) is 0 Å². The molecule has 0 amide bonds. The normalized spacial score (nSPS) is 14.8. The SMILES string of the molecule is CC[C@@H](N)C(C)Cc1cccc(C(F)(F)F)c1.Cl. The summed E-state index contributed by atoms with van der Waals surface area (Å²) in [5.41, 5.74) is 5.97. The second kappa shape index (κ2) is 7.00. The van der Waals surface area contributed by atoms with E-state index in [-0.39, 0.29) is 24.4 Å². The summed E-state index contributed by atoms with van der Waals surface area (Å²) in [5.74, 6) is 0.184. The lowest BCUT2D eigenvalue weighted by atomic mass is 9.92. The molecule has 0 saturated heterocycles. The molecule has 18 heavy (non-hydrogen) atoms. The molecule has 1 nitrogen and oxygen atoms in total. The molecule has 0 saturated carbocycles. The lowest BCUT2D eigenvalue weighted by Crippen LogP contribution is -2.28. The van der Waals surface area contributed by atoms with Crippen LogP contribution in [0.4, 0.5) is 13.2 Å². The topological polar surface area (TPSA) is 26.0 Å². The highest BCUT2D eigenvalue weighted by molar-refractivity contribution is 5.85. The summed E-state index contributed by atoms with van der Waals surface area (Å²) < 4.78 is 37.5. The highest BCUT2D eigenvalue weighted by atomic mass is 35.5. The summed E-state index contributed by atoms with van der Waals surface area (Å²) in [6, 6.07) is 5.49. The zero-order valence-corrected chi connectivity index (χ0v) is 11.3.